The van der Waals surface area contributed by atoms with E-state index in [1.54, 1.807) is 0 Å². The number of benzene rings is 2. The molecule has 0 aliphatic heterocycles. The van der Waals surface area contributed by atoms with Gasteiger partial charge in [-0.25, -0.2) is 0 Å². The zero-order chi connectivity index (χ0) is 18.1. The number of hydrogen-bond acceptors (Lipinski definition) is 3. The van der Waals surface area contributed by atoms with Crippen molar-refractivity contribution in [2.24, 2.45) is 5.73 Å². The van der Waals surface area contributed by atoms with E-state index in [1.165, 1.54) is 5.56 Å². The van der Waals surface area contributed by atoms with Crippen LogP contribution < -0.4 is 11.1 Å². The smallest absolute Gasteiger partial charge is 0.224 e. The molecule has 132 valence electrons. The molecule has 0 aromatic heterocycles. The van der Waals surface area contributed by atoms with E-state index in [0.717, 1.165) is 37.3 Å². The summed E-state index contributed by atoms with van der Waals surface area (Å²) in [6.45, 7) is 4.93. The largest absolute Gasteiger partial charge is 0.389 e. The third-order valence-corrected chi connectivity index (χ3v) is 4.26. The van der Waals surface area contributed by atoms with E-state index in [-0.39, 0.29) is 5.91 Å². The van der Waals surface area contributed by atoms with Gasteiger partial charge in [-0.2, -0.15) is 0 Å². The number of amides is 1. The maximum Gasteiger partial charge on any atom is 0.224 e. The topological polar surface area (TPSA) is 58.4 Å². The summed E-state index contributed by atoms with van der Waals surface area (Å²) in [6.07, 6.45) is 1.33. The van der Waals surface area contributed by atoms with Gasteiger partial charge in [-0.1, -0.05) is 49.5 Å². The monoisotopic (exact) mass is 355 g/mol. The summed E-state index contributed by atoms with van der Waals surface area (Å²) in [5, 5.41) is 2.91. The molecule has 2 rings (SSSR count). The van der Waals surface area contributed by atoms with Gasteiger partial charge in [0.15, 0.2) is 0 Å². The molecule has 5 heteroatoms. The van der Waals surface area contributed by atoms with Crippen molar-refractivity contribution in [3.05, 3.63) is 65.7 Å². The van der Waals surface area contributed by atoms with Gasteiger partial charge in [0, 0.05) is 24.2 Å². The molecule has 0 atom stereocenters. The van der Waals surface area contributed by atoms with Gasteiger partial charge in [0.25, 0.3) is 0 Å². The predicted octanol–water partition coefficient (Wildman–Crippen LogP) is 3.56. The average Bonchev–Trinajstić information content (AvgIpc) is 2.62. The van der Waals surface area contributed by atoms with E-state index in [0.29, 0.717) is 11.4 Å². The number of rotatable bonds is 9. The van der Waals surface area contributed by atoms with Crippen molar-refractivity contribution in [3.63, 3.8) is 0 Å². The molecule has 2 aromatic carbocycles. The zero-order valence-electron chi connectivity index (χ0n) is 14.6. The lowest BCUT2D eigenvalue weighted by Crippen LogP contribution is -2.25. The Labute approximate surface area is 155 Å². The summed E-state index contributed by atoms with van der Waals surface area (Å²) in [5.74, 6) is 0.0267. The summed E-state index contributed by atoms with van der Waals surface area (Å²) in [4.78, 5) is 14.8. The molecule has 0 aliphatic carbocycles. The summed E-state index contributed by atoms with van der Waals surface area (Å²) in [7, 11) is 0. The lowest BCUT2D eigenvalue weighted by atomic mass is 10.2. The predicted molar refractivity (Wildman–Crippen MR) is 108 cm³/mol. The Kier molecular flexibility index (Phi) is 7.57. The van der Waals surface area contributed by atoms with Gasteiger partial charge in [-0.05, 0) is 49.3 Å². The highest BCUT2D eigenvalue weighted by atomic mass is 32.1. The fourth-order valence-corrected chi connectivity index (χ4v) is 2.73. The fraction of sp³-hybridized carbons (Fsp3) is 0.300. The van der Waals surface area contributed by atoms with Crippen LogP contribution in [0.1, 0.15) is 30.9 Å². The van der Waals surface area contributed by atoms with Crippen molar-refractivity contribution in [1.29, 1.82) is 0 Å². The van der Waals surface area contributed by atoms with Crippen LogP contribution in [0.3, 0.4) is 0 Å². The van der Waals surface area contributed by atoms with Gasteiger partial charge >= 0.3 is 0 Å². The highest BCUT2D eigenvalue weighted by molar-refractivity contribution is 7.80. The van der Waals surface area contributed by atoms with Crippen LogP contribution in [-0.2, 0) is 11.3 Å². The molecule has 3 N–H and O–H groups in total. The lowest BCUT2D eigenvalue weighted by Gasteiger charge is -2.20. The first-order valence-electron chi connectivity index (χ1n) is 8.54. The number of nitrogens with one attached hydrogen (secondary N) is 1. The van der Waals surface area contributed by atoms with E-state index < -0.39 is 0 Å². The van der Waals surface area contributed by atoms with Crippen LogP contribution in [0, 0.1) is 0 Å². The Morgan fingerprint density at radius 3 is 2.40 bits per heavy atom. The minimum Gasteiger partial charge on any atom is -0.389 e. The maximum absolute atomic E-state index is 12.1. The molecule has 0 saturated carbocycles. The van der Waals surface area contributed by atoms with Gasteiger partial charge in [0.05, 0.1) is 0 Å². The van der Waals surface area contributed by atoms with E-state index in [1.807, 2.05) is 30.3 Å². The van der Waals surface area contributed by atoms with Crippen LogP contribution in [-0.4, -0.2) is 28.9 Å². The van der Waals surface area contributed by atoms with Crippen LogP contribution >= 0.6 is 12.2 Å². The van der Waals surface area contributed by atoms with E-state index in [2.05, 4.69) is 41.4 Å². The average molecular weight is 356 g/mol. The molecule has 0 unspecified atom stereocenters. The number of thiocarbonyl (C=S) groups is 1. The number of carbonyl (C=O) groups excluding carboxylic acids is 1. The maximum atomic E-state index is 12.1. The van der Waals surface area contributed by atoms with Crippen molar-refractivity contribution >= 4 is 28.8 Å². The van der Waals surface area contributed by atoms with Crippen LogP contribution in [0.2, 0.25) is 0 Å². The standard InChI is InChI=1S/C20H25N3OS/c1-2-23(15-16-7-4-3-5-8-16)14-6-9-19(24)22-18-12-10-17(11-13-18)20(21)25/h3-5,7-8,10-13H,2,6,9,14-15H2,1H3,(H2,21,25)(H,22,24). The van der Waals surface area contributed by atoms with Crippen LogP contribution in [0.5, 0.6) is 0 Å². The minimum absolute atomic E-state index is 0.0267. The van der Waals surface area contributed by atoms with E-state index in [4.69, 9.17) is 18.0 Å². The first-order chi connectivity index (χ1) is 12.1. The van der Waals surface area contributed by atoms with Crippen molar-refractivity contribution in [2.75, 3.05) is 18.4 Å². The molecule has 4 nitrogen and oxygen atoms in total. The number of anilines is 1. The second kappa shape index (κ2) is 9.91. The van der Waals surface area contributed by atoms with Crippen LogP contribution in [0.15, 0.2) is 54.6 Å². The molecule has 0 heterocycles. The Morgan fingerprint density at radius 1 is 1.12 bits per heavy atom. The van der Waals surface area contributed by atoms with Gasteiger partial charge in [0.2, 0.25) is 5.91 Å². The Morgan fingerprint density at radius 2 is 1.80 bits per heavy atom. The quantitative estimate of drug-likeness (QED) is 0.675. The summed E-state index contributed by atoms with van der Waals surface area (Å²) in [5.41, 5.74) is 8.43. The summed E-state index contributed by atoms with van der Waals surface area (Å²) < 4.78 is 0. The number of hydrogen-bond donors (Lipinski definition) is 2. The molecular weight excluding hydrogens is 330 g/mol. The molecule has 0 saturated heterocycles. The van der Waals surface area contributed by atoms with Gasteiger partial charge in [-0.3, -0.25) is 9.69 Å². The van der Waals surface area contributed by atoms with E-state index >= 15 is 0 Å². The highest BCUT2D eigenvalue weighted by Crippen LogP contribution is 2.11. The molecule has 25 heavy (non-hydrogen) atoms. The molecule has 0 spiro atoms. The number of carbonyl (C=O) groups is 1. The highest BCUT2D eigenvalue weighted by Gasteiger charge is 2.07. The van der Waals surface area contributed by atoms with E-state index in [9.17, 15) is 4.79 Å². The van der Waals surface area contributed by atoms with Crippen LogP contribution in [0.4, 0.5) is 5.69 Å². The zero-order valence-corrected chi connectivity index (χ0v) is 15.4. The molecular formula is C20H25N3OS. The van der Waals surface area contributed by atoms with Gasteiger partial charge in [-0.15, -0.1) is 0 Å². The second-order valence-electron chi connectivity index (χ2n) is 5.95. The van der Waals surface area contributed by atoms with Crippen LogP contribution in [0.25, 0.3) is 0 Å². The summed E-state index contributed by atoms with van der Waals surface area (Å²) >= 11 is 4.92. The van der Waals surface area contributed by atoms with Gasteiger partial charge < -0.3 is 11.1 Å². The Balaban J connectivity index is 1.74. The number of nitrogens with two attached hydrogens (primary N) is 1. The molecule has 2 aromatic rings. The van der Waals surface area contributed by atoms with Crippen molar-refractivity contribution in [1.82, 2.24) is 4.90 Å². The molecule has 0 bridgehead atoms. The summed E-state index contributed by atoms with van der Waals surface area (Å²) in [6, 6.07) is 17.7. The second-order valence-corrected chi connectivity index (χ2v) is 6.39. The minimum atomic E-state index is 0.0267. The fourth-order valence-electron chi connectivity index (χ4n) is 2.60. The van der Waals surface area contributed by atoms with Crippen molar-refractivity contribution < 1.29 is 4.79 Å². The third kappa shape index (κ3) is 6.64. The first kappa shape index (κ1) is 19.1. The number of nitrogens with zero attached hydrogens (tertiary/aromatic N) is 1. The molecule has 0 aliphatic rings. The van der Waals surface area contributed by atoms with Crippen molar-refractivity contribution in [2.45, 2.75) is 26.3 Å². The first-order valence-corrected chi connectivity index (χ1v) is 8.95. The lowest BCUT2D eigenvalue weighted by molar-refractivity contribution is -0.116. The SMILES string of the molecule is CCN(CCCC(=O)Nc1ccc(C(N)=S)cc1)Cc1ccccc1. The van der Waals surface area contributed by atoms with Crippen molar-refractivity contribution in [3.8, 4) is 0 Å². The normalized spacial score (nSPS) is 10.6. The Bertz CT molecular complexity index is 686. The third-order valence-electron chi connectivity index (χ3n) is 4.03. The van der Waals surface area contributed by atoms with Gasteiger partial charge in [0.1, 0.15) is 4.99 Å². The molecule has 0 radical (unpaired) electrons. The molecule has 1 amide bonds. The Hall–Kier alpha value is -2.24. The molecule has 0 fully saturated rings.